The third-order valence-electron chi connectivity index (χ3n) is 6.22. The molecule has 4 atom stereocenters. The molecule has 3 nitrogen and oxygen atoms in total. The molecule has 4 rings (SSSR count). The number of benzene rings is 2. The lowest BCUT2D eigenvalue weighted by atomic mass is 9.82. The third-order valence-corrected chi connectivity index (χ3v) is 7.57. The summed E-state index contributed by atoms with van der Waals surface area (Å²) >= 11 is 7.74. The monoisotopic (exact) mass is 429 g/mol. The standard InChI is InChI=1S/C24H28ClNO2S/c1-15(2)12-26-13-16-11-17(14-26)23(24(27)28)22(16)20-5-3-4-6-21(20)29-19-9-7-18(25)8-10-19/h3-10,15-17,22-23H,11-14H2,1-2H3,(H,27,28)/t16-,17+,22+,23-/m0/s1. The first-order chi connectivity index (χ1) is 13.9. The van der Waals surface area contributed by atoms with Gasteiger partial charge in [0.2, 0.25) is 0 Å². The lowest BCUT2D eigenvalue weighted by molar-refractivity contribution is -0.143. The van der Waals surface area contributed by atoms with E-state index in [1.807, 2.05) is 36.4 Å². The van der Waals surface area contributed by atoms with E-state index in [1.54, 1.807) is 11.8 Å². The summed E-state index contributed by atoms with van der Waals surface area (Å²) in [5.41, 5.74) is 1.19. The summed E-state index contributed by atoms with van der Waals surface area (Å²) in [5.74, 6) is 0.376. The van der Waals surface area contributed by atoms with Crippen LogP contribution >= 0.6 is 23.4 Å². The maximum atomic E-state index is 12.3. The van der Waals surface area contributed by atoms with E-state index in [9.17, 15) is 9.90 Å². The first-order valence-electron chi connectivity index (χ1n) is 10.4. The van der Waals surface area contributed by atoms with Crippen molar-refractivity contribution in [2.75, 3.05) is 19.6 Å². The highest BCUT2D eigenvalue weighted by atomic mass is 35.5. The van der Waals surface area contributed by atoms with Crippen LogP contribution in [0.15, 0.2) is 58.3 Å². The molecule has 1 N–H and O–H groups in total. The van der Waals surface area contributed by atoms with Crippen molar-refractivity contribution in [2.45, 2.75) is 36.0 Å². The predicted octanol–water partition coefficient (Wildman–Crippen LogP) is 5.88. The van der Waals surface area contributed by atoms with Crippen LogP contribution in [0.3, 0.4) is 0 Å². The average Bonchev–Trinajstić information content (AvgIpc) is 2.94. The molecular weight excluding hydrogens is 402 g/mol. The zero-order valence-corrected chi connectivity index (χ0v) is 18.5. The van der Waals surface area contributed by atoms with Crippen molar-refractivity contribution in [3.63, 3.8) is 0 Å². The van der Waals surface area contributed by atoms with E-state index in [0.29, 0.717) is 11.8 Å². The number of likely N-dealkylation sites (tertiary alicyclic amines) is 1. The lowest BCUT2D eigenvalue weighted by Crippen LogP contribution is -2.39. The lowest BCUT2D eigenvalue weighted by Gasteiger charge is -2.33. The van der Waals surface area contributed by atoms with Crippen molar-refractivity contribution < 1.29 is 9.90 Å². The number of carbonyl (C=O) groups is 1. The molecule has 0 unspecified atom stereocenters. The average molecular weight is 430 g/mol. The smallest absolute Gasteiger partial charge is 0.307 e. The molecule has 0 radical (unpaired) electrons. The van der Waals surface area contributed by atoms with Gasteiger partial charge in [-0.2, -0.15) is 0 Å². The summed E-state index contributed by atoms with van der Waals surface area (Å²) in [6.45, 7) is 7.44. The first-order valence-corrected chi connectivity index (χ1v) is 11.6. The molecule has 29 heavy (non-hydrogen) atoms. The van der Waals surface area contributed by atoms with Gasteiger partial charge in [0, 0.05) is 40.4 Å². The molecule has 1 aliphatic carbocycles. The fraction of sp³-hybridized carbons (Fsp3) is 0.458. The Hall–Kier alpha value is -1.49. The number of fused-ring (bicyclic) bond motifs is 2. The molecule has 2 aromatic rings. The highest BCUT2D eigenvalue weighted by molar-refractivity contribution is 7.99. The van der Waals surface area contributed by atoms with Crippen LogP contribution in [0.5, 0.6) is 0 Å². The number of hydrogen-bond acceptors (Lipinski definition) is 3. The van der Waals surface area contributed by atoms with Crippen molar-refractivity contribution in [2.24, 2.45) is 23.7 Å². The zero-order valence-electron chi connectivity index (χ0n) is 16.9. The summed E-state index contributed by atoms with van der Waals surface area (Å²) in [6, 6.07) is 16.2. The Kier molecular flexibility index (Phi) is 6.24. The maximum absolute atomic E-state index is 12.3. The quantitative estimate of drug-likeness (QED) is 0.622. The molecule has 1 saturated heterocycles. The molecule has 2 aromatic carbocycles. The van der Waals surface area contributed by atoms with Gasteiger partial charge in [0.05, 0.1) is 5.92 Å². The van der Waals surface area contributed by atoms with Crippen LogP contribution in [0.25, 0.3) is 0 Å². The summed E-state index contributed by atoms with van der Waals surface area (Å²) in [7, 11) is 0. The van der Waals surface area contributed by atoms with Gasteiger partial charge in [0.25, 0.3) is 0 Å². The van der Waals surface area contributed by atoms with E-state index >= 15 is 0 Å². The van der Waals surface area contributed by atoms with Crippen molar-refractivity contribution in [3.8, 4) is 0 Å². The molecule has 0 spiro atoms. The Morgan fingerprint density at radius 2 is 1.83 bits per heavy atom. The van der Waals surface area contributed by atoms with Gasteiger partial charge in [-0.1, -0.05) is 55.4 Å². The molecule has 154 valence electrons. The van der Waals surface area contributed by atoms with Gasteiger partial charge in [0.15, 0.2) is 0 Å². The van der Waals surface area contributed by atoms with Crippen molar-refractivity contribution in [1.29, 1.82) is 0 Å². The highest BCUT2D eigenvalue weighted by Gasteiger charge is 2.51. The van der Waals surface area contributed by atoms with Gasteiger partial charge in [-0.15, -0.1) is 0 Å². The second-order valence-electron chi connectivity index (χ2n) is 8.85. The van der Waals surface area contributed by atoms with E-state index in [-0.39, 0.29) is 17.8 Å². The fourth-order valence-electron chi connectivity index (χ4n) is 5.33. The molecular formula is C24H28ClNO2S. The molecule has 2 bridgehead atoms. The van der Waals surface area contributed by atoms with Crippen LogP contribution in [-0.2, 0) is 4.79 Å². The summed E-state index contributed by atoms with van der Waals surface area (Å²) in [6.07, 6.45) is 1.02. The second kappa shape index (κ2) is 8.71. The third kappa shape index (κ3) is 4.50. The van der Waals surface area contributed by atoms with E-state index in [1.165, 1.54) is 5.56 Å². The minimum Gasteiger partial charge on any atom is -0.481 e. The van der Waals surface area contributed by atoms with Gasteiger partial charge in [-0.05, 0) is 60.1 Å². The fourth-order valence-corrected chi connectivity index (χ4v) is 6.45. The van der Waals surface area contributed by atoms with Crippen molar-refractivity contribution in [3.05, 3.63) is 59.1 Å². The Balaban J connectivity index is 1.66. The van der Waals surface area contributed by atoms with E-state index in [4.69, 9.17) is 11.6 Å². The number of aliphatic carboxylic acids is 1. The van der Waals surface area contributed by atoms with Crippen LogP contribution in [-0.4, -0.2) is 35.6 Å². The Labute approximate surface area is 182 Å². The van der Waals surface area contributed by atoms with Crippen LogP contribution in [0.4, 0.5) is 0 Å². The minimum atomic E-state index is -0.639. The number of nitrogens with zero attached hydrogens (tertiary/aromatic N) is 1. The number of piperidine rings is 1. The van der Waals surface area contributed by atoms with Gasteiger partial charge in [-0.3, -0.25) is 4.79 Å². The number of rotatable bonds is 6. The molecule has 5 heteroatoms. The van der Waals surface area contributed by atoms with Crippen LogP contribution in [0.1, 0.15) is 31.7 Å². The Morgan fingerprint density at radius 3 is 2.52 bits per heavy atom. The van der Waals surface area contributed by atoms with E-state index < -0.39 is 5.97 Å². The molecule has 0 amide bonds. The van der Waals surface area contributed by atoms with E-state index in [2.05, 4.69) is 30.9 Å². The van der Waals surface area contributed by atoms with Crippen molar-refractivity contribution >= 4 is 29.3 Å². The first kappa shape index (κ1) is 20.8. The van der Waals surface area contributed by atoms with Crippen LogP contribution < -0.4 is 0 Å². The Morgan fingerprint density at radius 1 is 1.14 bits per heavy atom. The molecule has 1 aliphatic heterocycles. The molecule has 2 fully saturated rings. The zero-order chi connectivity index (χ0) is 20.5. The molecule has 1 saturated carbocycles. The second-order valence-corrected chi connectivity index (χ2v) is 10.4. The maximum Gasteiger partial charge on any atom is 0.307 e. The largest absolute Gasteiger partial charge is 0.481 e. The summed E-state index contributed by atoms with van der Waals surface area (Å²) in [4.78, 5) is 17.1. The predicted molar refractivity (Wildman–Crippen MR) is 119 cm³/mol. The molecule has 1 heterocycles. The topological polar surface area (TPSA) is 40.5 Å². The number of halogens is 1. The van der Waals surface area contributed by atoms with Gasteiger partial charge < -0.3 is 10.0 Å². The number of hydrogen-bond donors (Lipinski definition) is 1. The Bertz CT molecular complexity index is 869. The highest BCUT2D eigenvalue weighted by Crippen LogP contribution is 2.53. The minimum absolute atomic E-state index is 0.0747. The number of carboxylic acid groups (broad SMARTS) is 1. The van der Waals surface area contributed by atoms with Gasteiger partial charge in [0.1, 0.15) is 0 Å². The van der Waals surface area contributed by atoms with Gasteiger partial charge in [-0.25, -0.2) is 0 Å². The van der Waals surface area contributed by atoms with Crippen molar-refractivity contribution in [1.82, 2.24) is 4.90 Å². The SMILES string of the molecule is CC(C)CN1C[C@H]2C[C@@H](C1)[C@H](c1ccccc1Sc1ccc(Cl)cc1)[C@H]2C(=O)O. The normalized spacial score (nSPS) is 26.8. The number of carboxylic acids is 1. The van der Waals surface area contributed by atoms with E-state index in [0.717, 1.165) is 40.9 Å². The van der Waals surface area contributed by atoms with Crippen LogP contribution in [0, 0.1) is 23.7 Å². The molecule has 0 aromatic heterocycles. The summed E-state index contributed by atoms with van der Waals surface area (Å²) < 4.78 is 0. The summed E-state index contributed by atoms with van der Waals surface area (Å²) in [5, 5.41) is 10.9. The van der Waals surface area contributed by atoms with Gasteiger partial charge >= 0.3 is 5.97 Å². The van der Waals surface area contributed by atoms with Crippen LogP contribution in [0.2, 0.25) is 5.02 Å². The molecule has 2 aliphatic rings.